The molecular formula is C10H10FN3O2. The fourth-order valence-electron chi connectivity index (χ4n) is 1.85. The normalized spacial score (nSPS) is 10.9. The minimum absolute atomic E-state index is 0.000926. The number of aromatic nitrogens is 2. The number of aryl methyl sites for hydroxylation is 2. The average molecular weight is 223 g/mol. The van der Waals surface area contributed by atoms with Crippen molar-refractivity contribution in [1.82, 2.24) is 9.97 Å². The molecule has 0 saturated heterocycles. The number of benzene rings is 1. The number of fused-ring (bicyclic) bond motifs is 1. The largest absolute Gasteiger partial charge is 0.314 e. The standard InChI is InChI=1S/C10H10FN3O2/c1-3-6-7(14(15)16)4-5(2)8-9(6)13-10(11)12-8/h4H,3H2,1-2H3,(H,12,13). The Morgan fingerprint density at radius 1 is 1.62 bits per heavy atom. The zero-order valence-electron chi connectivity index (χ0n) is 8.87. The van der Waals surface area contributed by atoms with E-state index in [9.17, 15) is 14.5 Å². The first-order chi connectivity index (χ1) is 7.54. The lowest BCUT2D eigenvalue weighted by molar-refractivity contribution is -0.385. The van der Waals surface area contributed by atoms with E-state index in [1.807, 2.05) is 0 Å². The predicted molar refractivity (Wildman–Crippen MR) is 56.8 cm³/mol. The Hall–Kier alpha value is -1.98. The number of aromatic amines is 1. The minimum atomic E-state index is -0.715. The summed E-state index contributed by atoms with van der Waals surface area (Å²) in [5, 5.41) is 10.9. The Balaban J connectivity index is 2.89. The molecule has 5 nitrogen and oxygen atoms in total. The van der Waals surface area contributed by atoms with Crippen molar-refractivity contribution in [2.75, 3.05) is 0 Å². The van der Waals surface area contributed by atoms with Crippen molar-refractivity contribution in [3.8, 4) is 0 Å². The second kappa shape index (κ2) is 3.55. The topological polar surface area (TPSA) is 71.8 Å². The van der Waals surface area contributed by atoms with Gasteiger partial charge in [0.15, 0.2) is 0 Å². The van der Waals surface area contributed by atoms with Crippen molar-refractivity contribution in [3.63, 3.8) is 0 Å². The van der Waals surface area contributed by atoms with E-state index in [1.165, 1.54) is 6.07 Å². The van der Waals surface area contributed by atoms with Gasteiger partial charge in [0.05, 0.1) is 16.0 Å². The van der Waals surface area contributed by atoms with Crippen LogP contribution in [0.3, 0.4) is 0 Å². The van der Waals surface area contributed by atoms with Crippen LogP contribution >= 0.6 is 0 Å². The third-order valence-electron chi connectivity index (χ3n) is 2.57. The number of H-pyrrole nitrogens is 1. The van der Waals surface area contributed by atoms with Gasteiger partial charge in [0.1, 0.15) is 5.52 Å². The molecule has 0 bridgehead atoms. The van der Waals surface area contributed by atoms with Crippen molar-refractivity contribution in [1.29, 1.82) is 0 Å². The molecule has 0 fully saturated rings. The number of nitrogens with zero attached hydrogens (tertiary/aromatic N) is 2. The Bertz CT molecular complexity index is 577. The first-order valence-electron chi connectivity index (χ1n) is 4.86. The van der Waals surface area contributed by atoms with Gasteiger partial charge in [-0.25, -0.2) is 4.98 Å². The summed E-state index contributed by atoms with van der Waals surface area (Å²) in [5.74, 6) is 0. The lowest BCUT2D eigenvalue weighted by Gasteiger charge is -2.02. The summed E-state index contributed by atoms with van der Waals surface area (Å²) in [5.41, 5.74) is 1.96. The van der Waals surface area contributed by atoms with E-state index in [2.05, 4.69) is 9.97 Å². The van der Waals surface area contributed by atoms with E-state index in [1.54, 1.807) is 13.8 Å². The highest BCUT2D eigenvalue weighted by Gasteiger charge is 2.20. The maximum Gasteiger partial charge on any atom is 0.287 e. The van der Waals surface area contributed by atoms with E-state index in [0.29, 0.717) is 28.6 Å². The van der Waals surface area contributed by atoms with Gasteiger partial charge in [-0.3, -0.25) is 10.1 Å². The first-order valence-corrected chi connectivity index (χ1v) is 4.86. The summed E-state index contributed by atoms with van der Waals surface area (Å²) in [7, 11) is 0. The average Bonchev–Trinajstić information content (AvgIpc) is 2.60. The molecule has 84 valence electrons. The van der Waals surface area contributed by atoms with Gasteiger partial charge >= 0.3 is 0 Å². The molecule has 0 spiro atoms. The first kappa shape index (κ1) is 10.5. The van der Waals surface area contributed by atoms with E-state index in [0.717, 1.165) is 0 Å². The van der Waals surface area contributed by atoms with Crippen LogP contribution in [-0.4, -0.2) is 14.9 Å². The van der Waals surface area contributed by atoms with Gasteiger partial charge in [0.2, 0.25) is 0 Å². The fraction of sp³-hybridized carbons (Fsp3) is 0.300. The van der Waals surface area contributed by atoms with Gasteiger partial charge in [-0.15, -0.1) is 0 Å². The van der Waals surface area contributed by atoms with E-state index in [-0.39, 0.29) is 5.69 Å². The van der Waals surface area contributed by atoms with Crippen LogP contribution in [0.25, 0.3) is 11.0 Å². The second-order valence-electron chi connectivity index (χ2n) is 3.55. The quantitative estimate of drug-likeness (QED) is 0.627. The Morgan fingerprint density at radius 3 is 2.88 bits per heavy atom. The number of nitrogens with one attached hydrogen (secondary N) is 1. The molecule has 0 aliphatic heterocycles. The highest BCUT2D eigenvalue weighted by Crippen LogP contribution is 2.29. The third kappa shape index (κ3) is 1.42. The van der Waals surface area contributed by atoms with Crippen molar-refractivity contribution in [3.05, 3.63) is 33.4 Å². The molecule has 1 aromatic carbocycles. The fourth-order valence-corrected chi connectivity index (χ4v) is 1.85. The SMILES string of the molecule is CCc1c([N+](=O)[O-])cc(C)c2[nH]c(F)nc12. The summed E-state index contributed by atoms with van der Waals surface area (Å²) < 4.78 is 13.0. The van der Waals surface area contributed by atoms with E-state index < -0.39 is 11.0 Å². The smallest absolute Gasteiger partial charge is 0.287 e. The van der Waals surface area contributed by atoms with Crippen molar-refractivity contribution >= 4 is 16.7 Å². The van der Waals surface area contributed by atoms with Crippen molar-refractivity contribution in [2.45, 2.75) is 20.3 Å². The monoisotopic (exact) mass is 223 g/mol. The minimum Gasteiger partial charge on any atom is -0.314 e. The third-order valence-corrected chi connectivity index (χ3v) is 2.57. The van der Waals surface area contributed by atoms with E-state index >= 15 is 0 Å². The molecule has 16 heavy (non-hydrogen) atoms. The second-order valence-corrected chi connectivity index (χ2v) is 3.55. The van der Waals surface area contributed by atoms with Gasteiger partial charge < -0.3 is 4.98 Å². The molecule has 0 amide bonds. The zero-order valence-corrected chi connectivity index (χ0v) is 8.87. The summed E-state index contributed by atoms with van der Waals surface area (Å²) in [6.07, 6.45) is -0.273. The van der Waals surface area contributed by atoms with Crippen molar-refractivity contribution < 1.29 is 9.31 Å². The van der Waals surface area contributed by atoms with Crippen LogP contribution in [0.4, 0.5) is 10.1 Å². The zero-order chi connectivity index (χ0) is 11.9. The van der Waals surface area contributed by atoms with E-state index in [4.69, 9.17) is 0 Å². The maximum atomic E-state index is 13.0. The van der Waals surface area contributed by atoms with Gasteiger partial charge in [-0.1, -0.05) is 6.92 Å². The molecule has 2 aromatic rings. The molecule has 0 aliphatic rings. The van der Waals surface area contributed by atoms with Crippen LogP contribution in [0.15, 0.2) is 6.07 Å². The molecule has 0 radical (unpaired) electrons. The molecule has 1 N–H and O–H groups in total. The van der Waals surface area contributed by atoms with Gasteiger partial charge in [-0.05, 0) is 18.9 Å². The maximum absolute atomic E-state index is 13.0. The predicted octanol–water partition coefficient (Wildman–Crippen LogP) is 2.48. The van der Waals surface area contributed by atoms with Crippen molar-refractivity contribution in [2.24, 2.45) is 0 Å². The summed E-state index contributed by atoms with van der Waals surface area (Å²) in [6, 6.07) is 1.44. The Morgan fingerprint density at radius 2 is 2.31 bits per heavy atom. The molecule has 0 saturated carbocycles. The summed E-state index contributed by atoms with van der Waals surface area (Å²) in [6.45, 7) is 3.47. The molecule has 1 aromatic heterocycles. The van der Waals surface area contributed by atoms with Gasteiger partial charge in [0, 0.05) is 6.07 Å². The van der Waals surface area contributed by atoms with Crippen LogP contribution in [0.1, 0.15) is 18.1 Å². The lowest BCUT2D eigenvalue weighted by atomic mass is 10.0. The molecule has 0 aliphatic carbocycles. The number of rotatable bonds is 2. The molecule has 0 unspecified atom stereocenters. The van der Waals surface area contributed by atoms with Gasteiger partial charge in [-0.2, -0.15) is 4.39 Å². The number of hydrogen-bond acceptors (Lipinski definition) is 3. The highest BCUT2D eigenvalue weighted by molar-refractivity contribution is 5.85. The molecule has 6 heteroatoms. The molecular weight excluding hydrogens is 213 g/mol. The molecule has 1 heterocycles. The van der Waals surface area contributed by atoms with Crippen LogP contribution < -0.4 is 0 Å². The van der Waals surface area contributed by atoms with Gasteiger partial charge in [0.25, 0.3) is 11.8 Å². The number of nitro groups is 1. The number of nitro benzene ring substituents is 1. The lowest BCUT2D eigenvalue weighted by Crippen LogP contribution is -1.97. The van der Waals surface area contributed by atoms with Crippen LogP contribution in [0.2, 0.25) is 0 Å². The Kier molecular flexibility index (Phi) is 2.34. The Labute approximate surface area is 90.5 Å². The number of hydrogen-bond donors (Lipinski definition) is 1. The number of halogens is 1. The van der Waals surface area contributed by atoms with Crippen LogP contribution in [0, 0.1) is 23.1 Å². The van der Waals surface area contributed by atoms with Crippen LogP contribution in [-0.2, 0) is 6.42 Å². The van der Waals surface area contributed by atoms with Crippen LogP contribution in [0.5, 0.6) is 0 Å². The molecule has 2 rings (SSSR count). The summed E-state index contributed by atoms with van der Waals surface area (Å²) >= 11 is 0. The summed E-state index contributed by atoms with van der Waals surface area (Å²) in [4.78, 5) is 16.5. The highest BCUT2D eigenvalue weighted by atomic mass is 19.1. The molecule has 0 atom stereocenters. The number of imidazole rings is 1.